The van der Waals surface area contributed by atoms with Crippen LogP contribution >= 0.6 is 0 Å². The summed E-state index contributed by atoms with van der Waals surface area (Å²) in [5.41, 5.74) is 5.97. The number of piperidine rings is 1. The number of amides is 1. The summed E-state index contributed by atoms with van der Waals surface area (Å²) in [6, 6.07) is 18.2. The molecule has 4 rings (SSSR count). The van der Waals surface area contributed by atoms with Crippen LogP contribution < -0.4 is 5.48 Å². The number of carbonyl (C=O) groups is 1. The fourth-order valence-corrected chi connectivity index (χ4v) is 4.02. The van der Waals surface area contributed by atoms with Crippen molar-refractivity contribution in [2.45, 2.75) is 31.8 Å². The summed E-state index contributed by atoms with van der Waals surface area (Å²) in [4.78, 5) is 20.3. The highest BCUT2D eigenvalue weighted by atomic mass is 16.7. The van der Waals surface area contributed by atoms with Gasteiger partial charge in [0.15, 0.2) is 0 Å². The Hall–Kier alpha value is -2.63. The Morgan fingerprint density at radius 2 is 1.83 bits per heavy atom. The van der Waals surface area contributed by atoms with Crippen molar-refractivity contribution in [3.8, 4) is 0 Å². The Labute approximate surface area is 171 Å². The van der Waals surface area contributed by atoms with E-state index in [-0.39, 0.29) is 12.5 Å². The average molecular weight is 392 g/mol. The van der Waals surface area contributed by atoms with E-state index in [0.29, 0.717) is 11.5 Å². The van der Waals surface area contributed by atoms with Crippen LogP contribution in [0.15, 0.2) is 60.7 Å². The Balaban J connectivity index is 1.34. The highest BCUT2D eigenvalue weighted by Gasteiger charge is 2.29. The lowest BCUT2D eigenvalue weighted by Gasteiger charge is -2.32. The number of hydroxylamine groups is 1. The van der Waals surface area contributed by atoms with Gasteiger partial charge in [-0.25, -0.2) is 0 Å². The van der Waals surface area contributed by atoms with Gasteiger partial charge in [0.1, 0.15) is 5.60 Å². The van der Waals surface area contributed by atoms with E-state index in [1.807, 2.05) is 48.2 Å². The molecule has 0 aliphatic carbocycles. The number of hydrogen-bond acceptors (Lipinski definition) is 4. The third kappa shape index (κ3) is 4.52. The van der Waals surface area contributed by atoms with Crippen molar-refractivity contribution in [1.82, 2.24) is 10.4 Å². The summed E-state index contributed by atoms with van der Waals surface area (Å²) < 4.78 is 0. The Bertz CT molecular complexity index is 871. The average Bonchev–Trinajstić information content (AvgIpc) is 3.17. The zero-order valence-corrected chi connectivity index (χ0v) is 16.8. The molecule has 1 unspecified atom stereocenters. The van der Waals surface area contributed by atoms with Crippen LogP contribution in [0.3, 0.4) is 0 Å². The van der Waals surface area contributed by atoms with Crippen molar-refractivity contribution in [2.24, 2.45) is 5.92 Å². The monoisotopic (exact) mass is 392 g/mol. The van der Waals surface area contributed by atoms with E-state index in [4.69, 9.17) is 4.84 Å². The second kappa shape index (κ2) is 8.39. The normalized spacial score (nSPS) is 22.3. The Kier molecular flexibility index (Phi) is 5.69. The fourth-order valence-electron chi connectivity index (χ4n) is 4.02. The highest BCUT2D eigenvalue weighted by molar-refractivity contribution is 5.94. The Morgan fingerprint density at radius 1 is 1.14 bits per heavy atom. The number of nitrogens with one attached hydrogen (secondary N) is 1. The molecular weight excluding hydrogens is 364 g/mol. The quantitative estimate of drug-likeness (QED) is 0.819. The molecule has 2 aromatic carbocycles. The first-order chi connectivity index (χ1) is 14.1. The summed E-state index contributed by atoms with van der Waals surface area (Å²) in [7, 11) is 0. The van der Waals surface area contributed by atoms with Gasteiger partial charge in [-0.1, -0.05) is 42.5 Å². The first kappa shape index (κ1) is 19.7. The van der Waals surface area contributed by atoms with Crippen molar-refractivity contribution in [2.75, 3.05) is 19.7 Å². The predicted molar refractivity (Wildman–Crippen MR) is 113 cm³/mol. The van der Waals surface area contributed by atoms with E-state index in [1.54, 1.807) is 0 Å². The number of aliphatic hydroxyl groups is 1. The first-order valence-electron chi connectivity index (χ1n) is 10.3. The minimum atomic E-state index is -0.714. The molecule has 2 aliphatic heterocycles. The van der Waals surface area contributed by atoms with Crippen LogP contribution in [0, 0.1) is 5.92 Å². The zero-order chi connectivity index (χ0) is 20.3. The summed E-state index contributed by atoms with van der Waals surface area (Å²) in [6.45, 7) is 3.34. The van der Waals surface area contributed by atoms with Gasteiger partial charge in [0.2, 0.25) is 0 Å². The second-order valence-electron chi connectivity index (χ2n) is 8.24. The number of likely N-dealkylation sites (tertiary alicyclic amines) is 1. The topological polar surface area (TPSA) is 61.8 Å². The highest BCUT2D eigenvalue weighted by Crippen LogP contribution is 2.26. The van der Waals surface area contributed by atoms with Gasteiger partial charge in [0.05, 0.1) is 12.3 Å². The lowest BCUT2D eigenvalue weighted by Crippen LogP contribution is -2.38. The molecule has 152 valence electrons. The van der Waals surface area contributed by atoms with Crippen molar-refractivity contribution < 1.29 is 14.7 Å². The minimum absolute atomic E-state index is 0.0968. The lowest BCUT2D eigenvalue weighted by molar-refractivity contribution is -0.0532. The number of hydrogen-bond donors (Lipinski definition) is 2. The smallest absolute Gasteiger partial charge is 0.253 e. The van der Waals surface area contributed by atoms with Crippen molar-refractivity contribution >= 4 is 11.6 Å². The molecule has 1 fully saturated rings. The molecule has 29 heavy (non-hydrogen) atoms. The van der Waals surface area contributed by atoms with Gasteiger partial charge in [-0.15, -0.1) is 0 Å². The van der Waals surface area contributed by atoms with Crippen LogP contribution in [0.1, 0.15) is 41.3 Å². The molecule has 2 heterocycles. The van der Waals surface area contributed by atoms with Gasteiger partial charge in [0, 0.05) is 18.7 Å². The standard InChI is InChI=1S/C24H28N2O3/c1-24(17-27)16-22(25-29-24)20-7-9-21(10-8-20)23(28)26-13-11-19(12-14-26)15-18-5-3-2-4-6-18/h2-10,16,19,25,27H,11-15,17H2,1H3. The van der Waals surface area contributed by atoms with Crippen LogP contribution in [0.25, 0.3) is 5.70 Å². The maximum atomic E-state index is 12.9. The molecule has 0 bridgehead atoms. The first-order valence-corrected chi connectivity index (χ1v) is 10.3. The van der Waals surface area contributed by atoms with Crippen molar-refractivity contribution in [3.05, 3.63) is 77.4 Å². The zero-order valence-electron chi connectivity index (χ0n) is 16.8. The minimum Gasteiger partial charge on any atom is -0.393 e. The molecule has 1 saturated heterocycles. The number of benzene rings is 2. The maximum Gasteiger partial charge on any atom is 0.253 e. The lowest BCUT2D eigenvalue weighted by atomic mass is 9.90. The van der Waals surface area contributed by atoms with Gasteiger partial charge in [-0.3, -0.25) is 15.1 Å². The van der Waals surface area contributed by atoms with E-state index >= 15 is 0 Å². The molecule has 0 saturated carbocycles. The molecule has 1 amide bonds. The molecule has 2 aliphatic rings. The summed E-state index contributed by atoms with van der Waals surface area (Å²) >= 11 is 0. The molecule has 5 heteroatoms. The van der Waals surface area contributed by atoms with E-state index < -0.39 is 5.60 Å². The van der Waals surface area contributed by atoms with Crippen LogP contribution in [0.5, 0.6) is 0 Å². The predicted octanol–water partition coefficient (Wildman–Crippen LogP) is 3.41. The summed E-state index contributed by atoms with van der Waals surface area (Å²) in [5, 5.41) is 9.39. The molecule has 0 aromatic heterocycles. The largest absolute Gasteiger partial charge is 0.393 e. The third-order valence-electron chi connectivity index (χ3n) is 5.87. The van der Waals surface area contributed by atoms with E-state index in [1.165, 1.54) is 5.56 Å². The van der Waals surface area contributed by atoms with E-state index in [0.717, 1.165) is 43.6 Å². The number of nitrogens with zero attached hydrogens (tertiary/aromatic N) is 1. The second-order valence-corrected chi connectivity index (χ2v) is 8.24. The van der Waals surface area contributed by atoms with Gasteiger partial charge >= 0.3 is 0 Å². The maximum absolute atomic E-state index is 12.9. The van der Waals surface area contributed by atoms with Gasteiger partial charge in [0.25, 0.3) is 5.91 Å². The number of rotatable bonds is 5. The van der Waals surface area contributed by atoms with Crippen LogP contribution in [-0.2, 0) is 11.3 Å². The molecule has 2 N–H and O–H groups in total. The van der Waals surface area contributed by atoms with Crippen LogP contribution in [-0.4, -0.2) is 41.2 Å². The Morgan fingerprint density at radius 3 is 2.45 bits per heavy atom. The number of aliphatic hydroxyl groups excluding tert-OH is 1. The molecule has 5 nitrogen and oxygen atoms in total. The van der Waals surface area contributed by atoms with Gasteiger partial charge in [-0.2, -0.15) is 0 Å². The molecule has 0 spiro atoms. The summed E-state index contributed by atoms with van der Waals surface area (Å²) in [6.07, 6.45) is 5.05. The van der Waals surface area contributed by atoms with Crippen LogP contribution in [0.2, 0.25) is 0 Å². The third-order valence-corrected chi connectivity index (χ3v) is 5.87. The molecule has 0 radical (unpaired) electrons. The summed E-state index contributed by atoms with van der Waals surface area (Å²) in [5.74, 6) is 0.740. The SMILES string of the molecule is CC1(CO)C=C(c2ccc(C(=O)N3CCC(Cc4ccccc4)CC3)cc2)NO1. The van der Waals surface area contributed by atoms with Gasteiger partial charge in [-0.05, 0) is 61.4 Å². The van der Waals surface area contributed by atoms with Gasteiger partial charge < -0.3 is 10.0 Å². The number of carbonyl (C=O) groups excluding carboxylic acids is 1. The van der Waals surface area contributed by atoms with Crippen molar-refractivity contribution in [3.63, 3.8) is 0 Å². The molecule has 1 atom stereocenters. The van der Waals surface area contributed by atoms with Crippen LogP contribution in [0.4, 0.5) is 0 Å². The molecule has 2 aromatic rings. The molecular formula is C24H28N2O3. The van der Waals surface area contributed by atoms with E-state index in [2.05, 4.69) is 29.7 Å². The van der Waals surface area contributed by atoms with Crippen molar-refractivity contribution in [1.29, 1.82) is 0 Å². The van der Waals surface area contributed by atoms with E-state index in [9.17, 15) is 9.90 Å². The fraction of sp³-hybridized carbons (Fsp3) is 0.375.